The number of aliphatic carboxylic acids is 1. The maximum Gasteiger partial charge on any atom is 0.312 e. The highest BCUT2D eigenvalue weighted by atomic mass is 16.5. The van der Waals surface area contributed by atoms with Crippen molar-refractivity contribution in [1.82, 2.24) is 14.5 Å². The smallest absolute Gasteiger partial charge is 0.312 e. The molecule has 1 aromatic rings. The lowest BCUT2D eigenvalue weighted by molar-refractivity contribution is -0.164. The summed E-state index contributed by atoms with van der Waals surface area (Å²) in [6.07, 6.45) is 4.49. The number of likely N-dealkylation sites (tertiary alicyclic amines) is 1. The van der Waals surface area contributed by atoms with Crippen LogP contribution in [0.5, 0.6) is 0 Å². The van der Waals surface area contributed by atoms with Gasteiger partial charge in [-0.2, -0.15) is 0 Å². The van der Waals surface area contributed by atoms with Crippen LogP contribution in [-0.4, -0.2) is 63.5 Å². The van der Waals surface area contributed by atoms with Gasteiger partial charge in [-0.15, -0.1) is 0 Å². The zero-order chi connectivity index (χ0) is 16.9. The number of carboxylic acid groups (broad SMARTS) is 1. The van der Waals surface area contributed by atoms with Crippen molar-refractivity contribution < 1.29 is 19.7 Å². The lowest BCUT2D eigenvalue weighted by Gasteiger charge is -2.42. The summed E-state index contributed by atoms with van der Waals surface area (Å²) in [7, 11) is 1.66. The highest BCUT2D eigenvalue weighted by Crippen LogP contribution is 2.37. The SMILES string of the molecule is CCC[C@]1(C(=O)O)CCN(Cc2cncn2CCOC)C[C@H]1O. The molecule has 1 aliphatic rings. The molecule has 0 saturated carbocycles. The highest BCUT2D eigenvalue weighted by Gasteiger charge is 2.47. The largest absolute Gasteiger partial charge is 0.481 e. The van der Waals surface area contributed by atoms with E-state index in [9.17, 15) is 15.0 Å². The molecule has 23 heavy (non-hydrogen) atoms. The Kier molecular flexibility index (Phi) is 6.15. The molecule has 1 aromatic heterocycles. The molecular weight excluding hydrogens is 298 g/mol. The van der Waals surface area contributed by atoms with Crippen LogP contribution in [0.15, 0.2) is 12.5 Å². The topological polar surface area (TPSA) is 87.8 Å². The van der Waals surface area contributed by atoms with Gasteiger partial charge in [0.15, 0.2) is 0 Å². The van der Waals surface area contributed by atoms with Gasteiger partial charge in [0.05, 0.1) is 30.1 Å². The zero-order valence-electron chi connectivity index (χ0n) is 13.9. The second-order valence-corrected chi connectivity index (χ2v) is 6.28. The number of hydrogen-bond donors (Lipinski definition) is 2. The number of hydrogen-bond acceptors (Lipinski definition) is 5. The van der Waals surface area contributed by atoms with Crippen molar-refractivity contribution >= 4 is 5.97 Å². The van der Waals surface area contributed by atoms with Crippen molar-refractivity contribution in [2.75, 3.05) is 26.8 Å². The quantitative estimate of drug-likeness (QED) is 0.740. The number of rotatable bonds is 8. The summed E-state index contributed by atoms with van der Waals surface area (Å²) < 4.78 is 7.12. The summed E-state index contributed by atoms with van der Waals surface area (Å²) in [4.78, 5) is 17.9. The molecule has 0 spiro atoms. The average molecular weight is 325 g/mol. The van der Waals surface area contributed by atoms with E-state index in [1.165, 1.54) is 0 Å². The molecule has 2 atom stereocenters. The molecule has 0 aliphatic carbocycles. The van der Waals surface area contributed by atoms with E-state index in [1.54, 1.807) is 13.4 Å². The minimum Gasteiger partial charge on any atom is -0.481 e. The number of aliphatic hydroxyl groups excluding tert-OH is 1. The molecule has 2 N–H and O–H groups in total. The van der Waals surface area contributed by atoms with Crippen molar-refractivity contribution in [3.8, 4) is 0 Å². The van der Waals surface area contributed by atoms with E-state index >= 15 is 0 Å². The van der Waals surface area contributed by atoms with E-state index in [0.29, 0.717) is 39.1 Å². The van der Waals surface area contributed by atoms with Gasteiger partial charge >= 0.3 is 5.97 Å². The zero-order valence-corrected chi connectivity index (χ0v) is 13.9. The number of β-amino-alcohol motifs (C(OH)–C–C–N with tert-alkyl or cyclic N) is 1. The molecule has 0 radical (unpaired) electrons. The standard InChI is InChI=1S/C16H27N3O4/c1-3-4-16(15(21)22)5-6-18(11-14(16)20)10-13-9-17-12-19(13)7-8-23-2/h9,12,14,20H,3-8,10-11H2,1-2H3,(H,21,22)/t14-,16+/m1/s1. The van der Waals surface area contributed by atoms with E-state index in [1.807, 2.05) is 17.7 Å². The van der Waals surface area contributed by atoms with Gasteiger partial charge in [-0.05, 0) is 19.4 Å². The van der Waals surface area contributed by atoms with Crippen molar-refractivity contribution in [3.05, 3.63) is 18.2 Å². The molecule has 0 unspecified atom stereocenters. The second-order valence-electron chi connectivity index (χ2n) is 6.28. The summed E-state index contributed by atoms with van der Waals surface area (Å²) in [5.74, 6) is -0.878. The van der Waals surface area contributed by atoms with Crippen LogP contribution in [0.3, 0.4) is 0 Å². The first-order valence-electron chi connectivity index (χ1n) is 8.15. The molecular formula is C16H27N3O4. The van der Waals surface area contributed by atoms with Gasteiger partial charge in [0.1, 0.15) is 0 Å². The Morgan fingerprint density at radius 2 is 2.35 bits per heavy atom. The van der Waals surface area contributed by atoms with Gasteiger partial charge in [-0.3, -0.25) is 9.69 Å². The van der Waals surface area contributed by atoms with Gasteiger partial charge in [0.25, 0.3) is 0 Å². The summed E-state index contributed by atoms with van der Waals surface area (Å²) in [6, 6.07) is 0. The van der Waals surface area contributed by atoms with E-state index in [0.717, 1.165) is 18.7 Å². The fraction of sp³-hybridized carbons (Fsp3) is 0.750. The Hall–Kier alpha value is -1.44. The van der Waals surface area contributed by atoms with Gasteiger partial charge in [0.2, 0.25) is 0 Å². The Balaban J connectivity index is 2.00. The first kappa shape index (κ1) is 17.9. The van der Waals surface area contributed by atoms with Crippen molar-refractivity contribution in [2.45, 2.75) is 45.4 Å². The van der Waals surface area contributed by atoms with Gasteiger partial charge < -0.3 is 19.5 Å². The number of imidazole rings is 1. The third-order valence-electron chi connectivity index (χ3n) is 4.79. The van der Waals surface area contributed by atoms with Gasteiger partial charge in [0, 0.05) is 32.9 Å². The average Bonchev–Trinajstić information content (AvgIpc) is 2.95. The number of methoxy groups -OCH3 is 1. The fourth-order valence-electron chi connectivity index (χ4n) is 3.37. The normalized spacial score (nSPS) is 25.6. The number of carbonyl (C=O) groups is 1. The Morgan fingerprint density at radius 1 is 1.57 bits per heavy atom. The molecule has 0 bridgehead atoms. The number of aliphatic hydroxyl groups is 1. The molecule has 2 rings (SSSR count). The van der Waals surface area contributed by atoms with E-state index < -0.39 is 17.5 Å². The molecule has 130 valence electrons. The summed E-state index contributed by atoms with van der Waals surface area (Å²) in [5, 5.41) is 20.0. The maximum absolute atomic E-state index is 11.7. The van der Waals surface area contributed by atoms with Crippen molar-refractivity contribution in [2.24, 2.45) is 5.41 Å². The molecule has 0 aromatic carbocycles. The van der Waals surface area contributed by atoms with Crippen molar-refractivity contribution in [1.29, 1.82) is 0 Å². The van der Waals surface area contributed by atoms with Gasteiger partial charge in [-0.25, -0.2) is 4.98 Å². The third-order valence-corrected chi connectivity index (χ3v) is 4.79. The van der Waals surface area contributed by atoms with Crippen LogP contribution >= 0.6 is 0 Å². The maximum atomic E-state index is 11.7. The van der Waals surface area contributed by atoms with E-state index in [4.69, 9.17) is 4.74 Å². The number of piperidine rings is 1. The first-order valence-corrected chi connectivity index (χ1v) is 8.15. The van der Waals surface area contributed by atoms with Crippen LogP contribution in [0.25, 0.3) is 0 Å². The Bertz CT molecular complexity index is 519. The monoisotopic (exact) mass is 325 g/mol. The molecule has 0 amide bonds. The van der Waals surface area contributed by atoms with Crippen LogP contribution in [0.1, 0.15) is 31.9 Å². The summed E-state index contributed by atoms with van der Waals surface area (Å²) >= 11 is 0. The Labute approximate surface area is 136 Å². The number of nitrogens with zero attached hydrogens (tertiary/aromatic N) is 3. The molecule has 1 fully saturated rings. The lowest BCUT2D eigenvalue weighted by Crippen LogP contribution is -2.54. The van der Waals surface area contributed by atoms with E-state index in [-0.39, 0.29) is 0 Å². The molecule has 7 nitrogen and oxygen atoms in total. The van der Waals surface area contributed by atoms with Crippen LogP contribution in [-0.2, 0) is 22.6 Å². The minimum atomic E-state index is -0.998. The summed E-state index contributed by atoms with van der Waals surface area (Å²) in [6.45, 7) is 5.00. The number of aromatic nitrogens is 2. The van der Waals surface area contributed by atoms with Crippen LogP contribution in [0.4, 0.5) is 0 Å². The highest BCUT2D eigenvalue weighted by molar-refractivity contribution is 5.75. The number of carboxylic acids is 1. The molecule has 2 heterocycles. The van der Waals surface area contributed by atoms with Crippen LogP contribution in [0, 0.1) is 5.41 Å². The van der Waals surface area contributed by atoms with E-state index in [2.05, 4.69) is 9.88 Å². The predicted molar refractivity (Wildman–Crippen MR) is 85.0 cm³/mol. The molecule has 7 heteroatoms. The summed E-state index contributed by atoms with van der Waals surface area (Å²) in [5.41, 5.74) is 0.0502. The lowest BCUT2D eigenvalue weighted by atomic mass is 9.73. The molecule has 1 aliphatic heterocycles. The fourth-order valence-corrected chi connectivity index (χ4v) is 3.37. The second kappa shape index (κ2) is 7.90. The van der Waals surface area contributed by atoms with Crippen molar-refractivity contribution in [3.63, 3.8) is 0 Å². The predicted octanol–water partition coefficient (Wildman–Crippen LogP) is 0.967. The number of ether oxygens (including phenoxy) is 1. The first-order chi connectivity index (χ1) is 11.0. The Morgan fingerprint density at radius 3 is 2.96 bits per heavy atom. The minimum absolute atomic E-state index is 0.377. The van der Waals surface area contributed by atoms with Gasteiger partial charge in [-0.1, -0.05) is 13.3 Å². The van der Waals surface area contributed by atoms with Crippen LogP contribution < -0.4 is 0 Å². The molecule has 1 saturated heterocycles. The van der Waals surface area contributed by atoms with Crippen LogP contribution in [0.2, 0.25) is 0 Å². The third kappa shape index (κ3) is 3.91.